The standard InChI is InChI=1S/C29H31N5O3/c1-32-19-30-31-27(32)22-8-5-15-33(18-22)25(35)16-29(17-26(36)34(28(29)37)24-13-14-24)23-11-9-21(10-12-23)20-6-3-2-4-7-20/h2-4,6-7,9-12,19,22,24H,5,8,13-18H2,1H3. The third-order valence-corrected chi connectivity index (χ3v) is 8.15. The molecule has 2 aromatic carbocycles. The molecule has 37 heavy (non-hydrogen) atoms. The molecule has 2 saturated heterocycles. The van der Waals surface area contributed by atoms with Gasteiger partial charge >= 0.3 is 0 Å². The number of benzene rings is 2. The molecule has 2 aliphatic heterocycles. The summed E-state index contributed by atoms with van der Waals surface area (Å²) in [5, 5.41) is 8.26. The van der Waals surface area contributed by atoms with Gasteiger partial charge in [0, 0.05) is 44.9 Å². The molecule has 3 heterocycles. The van der Waals surface area contributed by atoms with E-state index in [0.717, 1.165) is 48.2 Å². The van der Waals surface area contributed by atoms with E-state index >= 15 is 0 Å². The van der Waals surface area contributed by atoms with Crippen LogP contribution in [0.3, 0.4) is 0 Å². The van der Waals surface area contributed by atoms with E-state index in [0.29, 0.717) is 13.1 Å². The number of rotatable bonds is 6. The van der Waals surface area contributed by atoms with Crippen LogP contribution in [0.5, 0.6) is 0 Å². The Labute approximate surface area is 216 Å². The molecule has 2 atom stereocenters. The first kappa shape index (κ1) is 23.6. The number of imide groups is 1. The van der Waals surface area contributed by atoms with Gasteiger partial charge in [0.2, 0.25) is 17.7 Å². The summed E-state index contributed by atoms with van der Waals surface area (Å²) in [4.78, 5) is 44.1. The van der Waals surface area contributed by atoms with E-state index in [1.807, 2.05) is 71.1 Å². The summed E-state index contributed by atoms with van der Waals surface area (Å²) in [7, 11) is 1.92. The highest BCUT2D eigenvalue weighted by Gasteiger charge is 2.57. The van der Waals surface area contributed by atoms with E-state index < -0.39 is 5.41 Å². The van der Waals surface area contributed by atoms with Crippen molar-refractivity contribution < 1.29 is 14.4 Å². The van der Waals surface area contributed by atoms with Crippen LogP contribution in [-0.4, -0.2) is 61.4 Å². The van der Waals surface area contributed by atoms with Gasteiger partial charge < -0.3 is 9.47 Å². The second kappa shape index (κ2) is 9.25. The van der Waals surface area contributed by atoms with Crippen molar-refractivity contribution in [1.29, 1.82) is 0 Å². The van der Waals surface area contributed by atoms with Gasteiger partial charge in [-0.2, -0.15) is 0 Å². The van der Waals surface area contributed by atoms with Crippen LogP contribution in [0.2, 0.25) is 0 Å². The molecule has 1 aromatic heterocycles. The van der Waals surface area contributed by atoms with E-state index in [-0.39, 0.29) is 42.5 Å². The minimum atomic E-state index is -1.16. The molecular weight excluding hydrogens is 466 g/mol. The molecule has 3 fully saturated rings. The largest absolute Gasteiger partial charge is 0.342 e. The zero-order valence-electron chi connectivity index (χ0n) is 21.0. The van der Waals surface area contributed by atoms with Crippen LogP contribution >= 0.6 is 0 Å². The van der Waals surface area contributed by atoms with Crippen LogP contribution < -0.4 is 0 Å². The summed E-state index contributed by atoms with van der Waals surface area (Å²) < 4.78 is 1.90. The lowest BCUT2D eigenvalue weighted by molar-refractivity contribution is -0.143. The normalized spacial score (nSPS) is 24.1. The highest BCUT2D eigenvalue weighted by molar-refractivity contribution is 6.11. The third kappa shape index (κ3) is 4.24. The summed E-state index contributed by atoms with van der Waals surface area (Å²) in [6.45, 7) is 1.19. The van der Waals surface area contributed by atoms with E-state index in [2.05, 4.69) is 10.2 Å². The predicted molar refractivity (Wildman–Crippen MR) is 137 cm³/mol. The molecule has 2 unspecified atom stereocenters. The SMILES string of the molecule is Cn1cnnc1C1CCCN(C(=O)CC2(c3ccc(-c4ccccc4)cc3)CC(=O)N(C3CC3)C2=O)C1. The van der Waals surface area contributed by atoms with E-state index in [1.54, 1.807) is 6.33 Å². The fourth-order valence-corrected chi connectivity index (χ4v) is 5.99. The zero-order valence-corrected chi connectivity index (χ0v) is 21.0. The molecule has 0 N–H and O–H groups in total. The molecule has 3 amide bonds. The van der Waals surface area contributed by atoms with Crippen molar-refractivity contribution in [3.63, 3.8) is 0 Å². The molecule has 0 spiro atoms. The van der Waals surface area contributed by atoms with Crippen molar-refractivity contribution in [2.24, 2.45) is 7.05 Å². The number of carbonyl (C=O) groups excluding carboxylic acids is 3. The lowest BCUT2D eigenvalue weighted by Crippen LogP contribution is -2.46. The Morgan fingerprint density at radius 1 is 1.00 bits per heavy atom. The number of nitrogens with zero attached hydrogens (tertiary/aromatic N) is 5. The van der Waals surface area contributed by atoms with Gasteiger partial charge in [0.1, 0.15) is 12.2 Å². The maximum atomic E-state index is 13.9. The Morgan fingerprint density at radius 3 is 2.41 bits per heavy atom. The maximum absolute atomic E-state index is 13.9. The highest BCUT2D eigenvalue weighted by Crippen LogP contribution is 2.45. The Hall–Kier alpha value is -3.81. The minimum Gasteiger partial charge on any atom is -0.342 e. The molecule has 8 heteroatoms. The Bertz CT molecular complexity index is 1330. The fourth-order valence-electron chi connectivity index (χ4n) is 5.99. The van der Waals surface area contributed by atoms with E-state index in [1.165, 1.54) is 4.90 Å². The molecular formula is C29H31N5O3. The molecule has 0 bridgehead atoms. The Kier molecular flexibility index (Phi) is 5.89. The minimum absolute atomic E-state index is 0.00296. The number of aryl methyl sites for hydroxylation is 1. The Morgan fingerprint density at radius 2 is 1.73 bits per heavy atom. The van der Waals surface area contributed by atoms with Crippen LogP contribution in [0.1, 0.15) is 55.8 Å². The second-order valence-electron chi connectivity index (χ2n) is 10.7. The van der Waals surface area contributed by atoms with Crippen LogP contribution in [0, 0.1) is 0 Å². The summed E-state index contributed by atoms with van der Waals surface area (Å²) >= 11 is 0. The summed E-state index contributed by atoms with van der Waals surface area (Å²) in [6.07, 6.45) is 5.22. The quantitative estimate of drug-likeness (QED) is 0.487. The van der Waals surface area contributed by atoms with Crippen LogP contribution in [0.4, 0.5) is 0 Å². The molecule has 1 saturated carbocycles. The van der Waals surface area contributed by atoms with Gasteiger partial charge in [-0.3, -0.25) is 19.3 Å². The second-order valence-corrected chi connectivity index (χ2v) is 10.7. The summed E-state index contributed by atoms with van der Waals surface area (Å²) in [5.74, 6) is 0.509. The number of likely N-dealkylation sites (tertiary alicyclic amines) is 2. The van der Waals surface area contributed by atoms with Crippen LogP contribution in [0.25, 0.3) is 11.1 Å². The first-order valence-electron chi connectivity index (χ1n) is 13.1. The van der Waals surface area contributed by atoms with Gasteiger partial charge in [-0.05, 0) is 42.4 Å². The number of carbonyl (C=O) groups is 3. The lowest BCUT2D eigenvalue weighted by atomic mass is 9.75. The number of hydrogen-bond donors (Lipinski definition) is 0. The zero-order chi connectivity index (χ0) is 25.6. The molecule has 8 nitrogen and oxygen atoms in total. The van der Waals surface area contributed by atoms with Crippen molar-refractivity contribution in [3.05, 3.63) is 72.3 Å². The third-order valence-electron chi connectivity index (χ3n) is 8.15. The van der Waals surface area contributed by atoms with Crippen molar-refractivity contribution in [2.75, 3.05) is 13.1 Å². The monoisotopic (exact) mass is 497 g/mol. The van der Waals surface area contributed by atoms with Gasteiger partial charge in [0.05, 0.1) is 5.41 Å². The molecule has 1 aliphatic carbocycles. The van der Waals surface area contributed by atoms with E-state index in [4.69, 9.17) is 0 Å². The highest BCUT2D eigenvalue weighted by atomic mass is 16.2. The van der Waals surface area contributed by atoms with Gasteiger partial charge in [0.25, 0.3) is 0 Å². The summed E-state index contributed by atoms with van der Waals surface area (Å²) in [6, 6.07) is 17.8. The maximum Gasteiger partial charge on any atom is 0.241 e. The number of aromatic nitrogens is 3. The topological polar surface area (TPSA) is 88.4 Å². The van der Waals surface area contributed by atoms with Gasteiger partial charge in [-0.15, -0.1) is 10.2 Å². The molecule has 3 aliphatic rings. The summed E-state index contributed by atoms with van der Waals surface area (Å²) in [5.41, 5.74) is 1.69. The number of hydrogen-bond acceptors (Lipinski definition) is 5. The van der Waals surface area contributed by atoms with Crippen LogP contribution in [-0.2, 0) is 26.8 Å². The van der Waals surface area contributed by atoms with Crippen molar-refractivity contribution in [2.45, 2.75) is 55.9 Å². The molecule has 3 aromatic rings. The molecule has 6 rings (SSSR count). The Balaban J connectivity index is 1.30. The van der Waals surface area contributed by atoms with Crippen molar-refractivity contribution in [1.82, 2.24) is 24.6 Å². The number of piperidine rings is 1. The fraction of sp³-hybridized carbons (Fsp3) is 0.414. The predicted octanol–water partition coefficient (Wildman–Crippen LogP) is 3.44. The van der Waals surface area contributed by atoms with Crippen molar-refractivity contribution in [3.8, 4) is 11.1 Å². The molecule has 0 radical (unpaired) electrons. The van der Waals surface area contributed by atoms with Gasteiger partial charge in [-0.1, -0.05) is 54.6 Å². The smallest absolute Gasteiger partial charge is 0.241 e. The molecule has 190 valence electrons. The number of amides is 3. The van der Waals surface area contributed by atoms with E-state index in [9.17, 15) is 14.4 Å². The average molecular weight is 498 g/mol. The lowest BCUT2D eigenvalue weighted by Gasteiger charge is -2.35. The van der Waals surface area contributed by atoms with Crippen LogP contribution in [0.15, 0.2) is 60.9 Å². The average Bonchev–Trinajstić information content (AvgIpc) is 3.61. The first-order valence-corrected chi connectivity index (χ1v) is 13.1. The van der Waals surface area contributed by atoms with Gasteiger partial charge in [0.15, 0.2) is 0 Å². The van der Waals surface area contributed by atoms with Crippen molar-refractivity contribution >= 4 is 17.7 Å². The first-order chi connectivity index (χ1) is 18.0. The van der Waals surface area contributed by atoms with Gasteiger partial charge in [-0.25, -0.2) is 0 Å².